The summed E-state index contributed by atoms with van der Waals surface area (Å²) in [6.07, 6.45) is 7.67. The van der Waals surface area contributed by atoms with Crippen LogP contribution in [0.25, 0.3) is 22.2 Å². The number of hydrogen-bond acceptors (Lipinski definition) is 6. The molecule has 10 heteroatoms. The number of benzene rings is 1. The van der Waals surface area contributed by atoms with Gasteiger partial charge in [-0.05, 0) is 43.5 Å². The number of rotatable bonds is 6. The van der Waals surface area contributed by atoms with Crippen LogP contribution in [0, 0.1) is 5.92 Å². The second-order valence-corrected chi connectivity index (χ2v) is 10.1. The zero-order valence-electron chi connectivity index (χ0n) is 20.4. The van der Waals surface area contributed by atoms with Crippen LogP contribution in [0.4, 0.5) is 11.8 Å². The van der Waals surface area contributed by atoms with Crippen molar-refractivity contribution in [2.75, 3.05) is 31.5 Å². The third-order valence-electron chi connectivity index (χ3n) is 7.22. The number of carbonyl (C=O) groups is 1. The minimum Gasteiger partial charge on any atom is -0.340 e. The van der Waals surface area contributed by atoms with E-state index >= 15 is 0 Å². The number of anilines is 2. The monoisotopic (exact) mass is 504 g/mol. The molecule has 186 valence electrons. The summed E-state index contributed by atoms with van der Waals surface area (Å²) in [6.45, 7) is 5.57. The molecule has 1 saturated carbocycles. The highest BCUT2D eigenvalue weighted by atomic mass is 35.5. The Balaban J connectivity index is 1.16. The van der Waals surface area contributed by atoms with Crippen molar-refractivity contribution in [3.05, 3.63) is 53.4 Å². The van der Waals surface area contributed by atoms with Crippen LogP contribution in [0.2, 0.25) is 5.02 Å². The van der Waals surface area contributed by atoms with E-state index in [-0.39, 0.29) is 12.0 Å². The van der Waals surface area contributed by atoms with E-state index in [0.29, 0.717) is 22.7 Å². The minimum atomic E-state index is 0.221. The number of imidazole rings is 1. The lowest BCUT2D eigenvalue weighted by Gasteiger charge is -2.38. The zero-order valence-corrected chi connectivity index (χ0v) is 21.2. The van der Waals surface area contributed by atoms with Crippen LogP contribution < -0.4 is 5.32 Å². The van der Waals surface area contributed by atoms with Crippen LogP contribution in [0.15, 0.2) is 42.9 Å². The van der Waals surface area contributed by atoms with E-state index in [1.54, 1.807) is 10.9 Å². The molecule has 0 spiro atoms. The molecule has 1 aliphatic heterocycles. The number of amides is 1. The number of aromatic amines is 1. The summed E-state index contributed by atoms with van der Waals surface area (Å²) >= 11 is 6.72. The van der Waals surface area contributed by atoms with Crippen LogP contribution in [0.3, 0.4) is 0 Å². The summed E-state index contributed by atoms with van der Waals surface area (Å²) in [7, 11) is 1.88. The van der Waals surface area contributed by atoms with Gasteiger partial charge in [0.05, 0.1) is 22.3 Å². The number of H-pyrrole nitrogens is 1. The molecule has 2 aliphatic rings. The zero-order chi connectivity index (χ0) is 24.8. The molecule has 3 aromatic heterocycles. The maximum absolute atomic E-state index is 12.4. The predicted octanol–water partition coefficient (Wildman–Crippen LogP) is 4.37. The van der Waals surface area contributed by atoms with Gasteiger partial charge in [-0.15, -0.1) is 0 Å². The van der Waals surface area contributed by atoms with E-state index in [0.717, 1.165) is 61.2 Å². The summed E-state index contributed by atoms with van der Waals surface area (Å²) in [5, 5.41) is 8.15. The Kier molecular flexibility index (Phi) is 5.89. The van der Waals surface area contributed by atoms with Crippen LogP contribution in [0.1, 0.15) is 31.4 Å². The molecular weight excluding hydrogens is 476 g/mol. The fraction of sp³-hybridized carbons (Fsp3) is 0.385. The summed E-state index contributed by atoms with van der Waals surface area (Å²) < 4.78 is 1.75. The van der Waals surface area contributed by atoms with Crippen molar-refractivity contribution in [3.63, 3.8) is 0 Å². The first kappa shape index (κ1) is 23.0. The van der Waals surface area contributed by atoms with E-state index in [1.165, 1.54) is 5.56 Å². The van der Waals surface area contributed by atoms with Gasteiger partial charge in [-0.25, -0.2) is 9.97 Å². The Morgan fingerprint density at radius 3 is 2.72 bits per heavy atom. The number of halogens is 1. The van der Waals surface area contributed by atoms with E-state index in [4.69, 9.17) is 11.6 Å². The molecule has 2 fully saturated rings. The molecule has 2 N–H and O–H groups in total. The van der Waals surface area contributed by atoms with Crippen molar-refractivity contribution in [1.29, 1.82) is 0 Å². The molecule has 36 heavy (non-hydrogen) atoms. The van der Waals surface area contributed by atoms with Gasteiger partial charge in [0.1, 0.15) is 5.82 Å². The fourth-order valence-electron chi connectivity index (χ4n) is 4.91. The lowest BCUT2D eigenvalue weighted by atomic mass is 10.1. The van der Waals surface area contributed by atoms with Gasteiger partial charge in [0, 0.05) is 68.7 Å². The summed E-state index contributed by atoms with van der Waals surface area (Å²) in [6, 6.07) is 8.24. The maximum atomic E-state index is 12.4. The summed E-state index contributed by atoms with van der Waals surface area (Å²) in [4.78, 5) is 29.3. The molecule has 4 heterocycles. The number of carbonyl (C=O) groups excluding carboxylic acids is 1. The van der Waals surface area contributed by atoms with Crippen molar-refractivity contribution in [2.24, 2.45) is 13.0 Å². The molecule has 6 rings (SSSR count). The van der Waals surface area contributed by atoms with Crippen molar-refractivity contribution < 1.29 is 4.79 Å². The van der Waals surface area contributed by atoms with Gasteiger partial charge in [-0.1, -0.05) is 17.7 Å². The highest BCUT2D eigenvalue weighted by molar-refractivity contribution is 6.37. The van der Waals surface area contributed by atoms with Crippen molar-refractivity contribution >= 4 is 40.3 Å². The Morgan fingerprint density at radius 1 is 1.19 bits per heavy atom. The Labute approximate surface area is 214 Å². The predicted molar refractivity (Wildman–Crippen MR) is 140 cm³/mol. The lowest BCUT2D eigenvalue weighted by molar-refractivity contribution is -0.134. The average molecular weight is 505 g/mol. The van der Waals surface area contributed by atoms with Crippen molar-refractivity contribution in [2.45, 2.75) is 25.8 Å². The number of nitrogens with one attached hydrogen (secondary N) is 2. The van der Waals surface area contributed by atoms with Gasteiger partial charge in [0.2, 0.25) is 11.9 Å². The number of aromatic nitrogens is 5. The molecule has 1 amide bonds. The summed E-state index contributed by atoms with van der Waals surface area (Å²) in [5.41, 5.74) is 4.57. The molecule has 1 aliphatic carbocycles. The number of piperazine rings is 1. The van der Waals surface area contributed by atoms with Gasteiger partial charge in [0.25, 0.3) is 0 Å². The van der Waals surface area contributed by atoms with Crippen molar-refractivity contribution in [3.8, 4) is 11.1 Å². The second kappa shape index (κ2) is 9.22. The number of fused-ring (bicyclic) bond motifs is 1. The second-order valence-electron chi connectivity index (χ2n) is 9.72. The van der Waals surface area contributed by atoms with Gasteiger partial charge in [-0.3, -0.25) is 14.4 Å². The summed E-state index contributed by atoms with van der Waals surface area (Å²) in [5.74, 6) is 1.93. The van der Waals surface area contributed by atoms with Crippen LogP contribution >= 0.6 is 11.6 Å². The topological polar surface area (TPSA) is 95.0 Å². The largest absolute Gasteiger partial charge is 0.340 e. The Bertz CT molecular complexity index is 1420. The number of pyridine rings is 1. The van der Waals surface area contributed by atoms with Crippen molar-refractivity contribution in [1.82, 2.24) is 34.5 Å². The first-order chi connectivity index (χ1) is 17.5. The quantitative estimate of drug-likeness (QED) is 0.405. The maximum Gasteiger partial charge on any atom is 0.225 e. The normalized spacial score (nSPS) is 17.5. The third kappa shape index (κ3) is 4.44. The van der Waals surface area contributed by atoms with Gasteiger partial charge < -0.3 is 15.2 Å². The van der Waals surface area contributed by atoms with Gasteiger partial charge in [0.15, 0.2) is 0 Å². The standard InChI is InChI=1S/C26H29ClN8O/c1-16(34-9-11-35(12-10-34)25(36)17-3-4-17)18-7-8-28-22(13-18)31-26-30-21-6-5-20(23(27)24(21)32-26)19-14-29-33(2)15-19/h5-8,13-17H,3-4,9-12H2,1-2H3,(H2,28,30,31,32). The molecule has 1 aromatic carbocycles. The molecular formula is C26H29ClN8O. The molecule has 1 unspecified atom stereocenters. The smallest absolute Gasteiger partial charge is 0.225 e. The highest BCUT2D eigenvalue weighted by Crippen LogP contribution is 2.34. The first-order valence-corrected chi connectivity index (χ1v) is 12.8. The van der Waals surface area contributed by atoms with Crippen LogP contribution in [-0.2, 0) is 11.8 Å². The van der Waals surface area contributed by atoms with Gasteiger partial charge in [-0.2, -0.15) is 5.10 Å². The molecule has 0 radical (unpaired) electrons. The van der Waals surface area contributed by atoms with E-state index in [1.807, 2.05) is 42.5 Å². The molecule has 1 saturated heterocycles. The molecule has 1 atom stereocenters. The minimum absolute atomic E-state index is 0.221. The fourth-order valence-corrected chi connectivity index (χ4v) is 5.23. The van der Waals surface area contributed by atoms with Crippen LogP contribution in [0.5, 0.6) is 0 Å². The molecule has 0 bridgehead atoms. The third-order valence-corrected chi connectivity index (χ3v) is 7.62. The lowest BCUT2D eigenvalue weighted by Crippen LogP contribution is -2.49. The Morgan fingerprint density at radius 2 is 2.00 bits per heavy atom. The number of hydrogen-bond donors (Lipinski definition) is 2. The number of aryl methyl sites for hydroxylation is 1. The molecule has 4 aromatic rings. The average Bonchev–Trinajstić information content (AvgIpc) is 3.53. The molecule has 9 nitrogen and oxygen atoms in total. The first-order valence-electron chi connectivity index (χ1n) is 12.4. The van der Waals surface area contributed by atoms with E-state index in [9.17, 15) is 4.79 Å². The van der Waals surface area contributed by atoms with E-state index < -0.39 is 0 Å². The SMILES string of the molecule is CC(c1ccnc(Nc2nc3ccc(-c4cnn(C)c4)c(Cl)c3[nH]2)c1)N1CCN(C(=O)C2CC2)CC1. The van der Waals surface area contributed by atoms with Crippen LogP contribution in [-0.4, -0.2) is 66.6 Å². The number of nitrogens with zero attached hydrogens (tertiary/aromatic N) is 6. The highest BCUT2D eigenvalue weighted by Gasteiger charge is 2.35. The van der Waals surface area contributed by atoms with E-state index in [2.05, 4.69) is 43.3 Å². The Hall–Kier alpha value is -3.43. The van der Waals surface area contributed by atoms with Gasteiger partial charge >= 0.3 is 0 Å².